The van der Waals surface area contributed by atoms with Crippen LogP contribution in [0.4, 0.5) is 0 Å². The molecule has 0 aliphatic carbocycles. The molecule has 0 radical (unpaired) electrons. The number of aryl methyl sites for hydroxylation is 1. The van der Waals surface area contributed by atoms with Crippen LogP contribution in [-0.4, -0.2) is 30.8 Å². The van der Waals surface area contributed by atoms with E-state index in [-0.39, 0.29) is 31.1 Å². The van der Waals surface area contributed by atoms with Crippen molar-refractivity contribution in [3.63, 3.8) is 0 Å². The Balaban J connectivity index is 1.68. The molecule has 0 fully saturated rings. The summed E-state index contributed by atoms with van der Waals surface area (Å²) < 4.78 is 9.90. The molecule has 138 valence electrons. The lowest BCUT2D eigenvalue weighted by Gasteiger charge is -2.06. The summed E-state index contributed by atoms with van der Waals surface area (Å²) in [5.74, 6) is -1.02. The molecule has 1 amide bonds. The standard InChI is InChI=1S/C20H23NO5/c1-2-3-5-15-7-9-16(10-8-15)17(22)14-26-19(23)11-12-21-20(24)18-6-4-13-25-18/h4,6-10,13H,2-3,5,11-12,14H2,1H3,(H,21,24). The van der Waals surface area contributed by atoms with Crippen LogP contribution in [0.25, 0.3) is 0 Å². The molecule has 0 unspecified atom stereocenters. The molecule has 1 N–H and O–H groups in total. The molecule has 0 aliphatic heterocycles. The molecule has 1 aromatic carbocycles. The first-order chi connectivity index (χ1) is 12.6. The van der Waals surface area contributed by atoms with E-state index in [2.05, 4.69) is 12.2 Å². The highest BCUT2D eigenvalue weighted by molar-refractivity contribution is 5.98. The Kier molecular flexibility index (Phi) is 7.61. The summed E-state index contributed by atoms with van der Waals surface area (Å²) in [5.41, 5.74) is 1.71. The minimum atomic E-state index is -0.544. The predicted octanol–water partition coefficient (Wildman–Crippen LogP) is 3.17. The SMILES string of the molecule is CCCCc1ccc(C(=O)COC(=O)CCNC(=O)c2ccco2)cc1. The molecule has 6 nitrogen and oxygen atoms in total. The van der Waals surface area contributed by atoms with Crippen LogP contribution in [0.5, 0.6) is 0 Å². The number of ether oxygens (including phenoxy) is 1. The zero-order chi connectivity index (χ0) is 18.8. The van der Waals surface area contributed by atoms with Gasteiger partial charge >= 0.3 is 5.97 Å². The number of furan rings is 1. The lowest BCUT2D eigenvalue weighted by atomic mass is 10.0. The summed E-state index contributed by atoms with van der Waals surface area (Å²) in [6.07, 6.45) is 4.60. The average molecular weight is 357 g/mol. The van der Waals surface area contributed by atoms with E-state index in [4.69, 9.17) is 9.15 Å². The van der Waals surface area contributed by atoms with E-state index in [0.29, 0.717) is 5.56 Å². The zero-order valence-corrected chi connectivity index (χ0v) is 14.8. The van der Waals surface area contributed by atoms with Crippen molar-refractivity contribution in [2.24, 2.45) is 0 Å². The molecule has 0 saturated heterocycles. The van der Waals surface area contributed by atoms with Crippen molar-refractivity contribution in [3.8, 4) is 0 Å². The topological polar surface area (TPSA) is 85.6 Å². The number of unbranched alkanes of at least 4 members (excludes halogenated alkanes) is 1. The van der Waals surface area contributed by atoms with Gasteiger partial charge in [-0.05, 0) is 30.5 Å². The number of carbonyl (C=O) groups excluding carboxylic acids is 3. The number of rotatable bonds is 10. The van der Waals surface area contributed by atoms with Crippen molar-refractivity contribution < 1.29 is 23.5 Å². The maximum absolute atomic E-state index is 12.1. The van der Waals surface area contributed by atoms with Gasteiger partial charge in [-0.1, -0.05) is 37.6 Å². The van der Waals surface area contributed by atoms with Crippen LogP contribution in [-0.2, 0) is 16.0 Å². The summed E-state index contributed by atoms with van der Waals surface area (Å²) in [6.45, 7) is 1.94. The van der Waals surface area contributed by atoms with E-state index in [1.165, 1.54) is 17.9 Å². The number of ketones is 1. The predicted molar refractivity (Wildman–Crippen MR) is 96.0 cm³/mol. The smallest absolute Gasteiger partial charge is 0.308 e. The number of esters is 1. The molecular formula is C20H23NO5. The monoisotopic (exact) mass is 357 g/mol. The van der Waals surface area contributed by atoms with Gasteiger partial charge in [0, 0.05) is 12.1 Å². The molecule has 0 aliphatic rings. The van der Waals surface area contributed by atoms with Crippen LogP contribution in [0.15, 0.2) is 47.1 Å². The molecule has 0 atom stereocenters. The van der Waals surface area contributed by atoms with Gasteiger partial charge in [-0.2, -0.15) is 0 Å². The number of hydrogen-bond acceptors (Lipinski definition) is 5. The summed E-state index contributed by atoms with van der Waals surface area (Å²) in [7, 11) is 0. The van der Waals surface area contributed by atoms with Gasteiger partial charge in [0.15, 0.2) is 18.2 Å². The number of hydrogen-bond donors (Lipinski definition) is 1. The minimum Gasteiger partial charge on any atom is -0.459 e. The molecule has 0 saturated carbocycles. The Morgan fingerprint density at radius 1 is 1.12 bits per heavy atom. The Morgan fingerprint density at radius 3 is 2.54 bits per heavy atom. The maximum Gasteiger partial charge on any atom is 0.308 e. The Bertz CT molecular complexity index is 719. The quantitative estimate of drug-likeness (QED) is 0.521. The second-order valence-electron chi connectivity index (χ2n) is 5.87. The molecule has 6 heteroatoms. The highest BCUT2D eigenvalue weighted by atomic mass is 16.5. The van der Waals surface area contributed by atoms with E-state index in [0.717, 1.165) is 19.3 Å². The highest BCUT2D eigenvalue weighted by Gasteiger charge is 2.12. The van der Waals surface area contributed by atoms with Crippen molar-refractivity contribution in [1.29, 1.82) is 0 Å². The second kappa shape index (κ2) is 10.2. The van der Waals surface area contributed by atoms with Crippen LogP contribution in [0.3, 0.4) is 0 Å². The van der Waals surface area contributed by atoms with Crippen LogP contribution in [0.2, 0.25) is 0 Å². The van der Waals surface area contributed by atoms with Crippen molar-refractivity contribution in [2.45, 2.75) is 32.6 Å². The number of Topliss-reactive ketones (excluding diaryl/α,β-unsaturated/α-hetero) is 1. The van der Waals surface area contributed by atoms with Gasteiger partial charge in [-0.15, -0.1) is 0 Å². The van der Waals surface area contributed by atoms with E-state index >= 15 is 0 Å². The number of carbonyl (C=O) groups is 3. The number of nitrogens with one attached hydrogen (secondary N) is 1. The van der Waals surface area contributed by atoms with Gasteiger partial charge in [0.25, 0.3) is 5.91 Å². The minimum absolute atomic E-state index is 0.0182. The molecule has 1 heterocycles. The molecule has 26 heavy (non-hydrogen) atoms. The van der Waals surface area contributed by atoms with Crippen molar-refractivity contribution in [2.75, 3.05) is 13.2 Å². The lowest BCUT2D eigenvalue weighted by molar-refractivity contribution is -0.142. The zero-order valence-electron chi connectivity index (χ0n) is 14.8. The van der Waals surface area contributed by atoms with E-state index in [9.17, 15) is 14.4 Å². The first-order valence-electron chi connectivity index (χ1n) is 8.69. The van der Waals surface area contributed by atoms with Gasteiger partial charge in [-0.25, -0.2) is 0 Å². The first kappa shape index (κ1) is 19.4. The molecule has 2 rings (SSSR count). The summed E-state index contributed by atoms with van der Waals surface area (Å²) in [4.78, 5) is 35.3. The lowest BCUT2D eigenvalue weighted by Crippen LogP contribution is -2.26. The van der Waals surface area contributed by atoms with Gasteiger partial charge < -0.3 is 14.5 Å². The van der Waals surface area contributed by atoms with Crippen molar-refractivity contribution in [1.82, 2.24) is 5.32 Å². The van der Waals surface area contributed by atoms with Crippen molar-refractivity contribution >= 4 is 17.7 Å². The number of benzene rings is 1. The Morgan fingerprint density at radius 2 is 1.88 bits per heavy atom. The fourth-order valence-corrected chi connectivity index (χ4v) is 2.31. The third-order valence-corrected chi connectivity index (χ3v) is 3.82. The van der Waals surface area contributed by atoms with Gasteiger partial charge in [0.1, 0.15) is 0 Å². The molecule has 1 aromatic heterocycles. The van der Waals surface area contributed by atoms with Crippen molar-refractivity contribution in [3.05, 3.63) is 59.5 Å². The summed E-state index contributed by atoms with van der Waals surface area (Å²) >= 11 is 0. The molecule has 0 spiro atoms. The van der Waals surface area contributed by atoms with Crippen LogP contribution < -0.4 is 5.32 Å². The first-order valence-corrected chi connectivity index (χ1v) is 8.69. The van der Waals surface area contributed by atoms with Gasteiger partial charge in [0.05, 0.1) is 12.7 Å². The molecule has 0 bridgehead atoms. The largest absolute Gasteiger partial charge is 0.459 e. The fraction of sp³-hybridized carbons (Fsp3) is 0.350. The Hall–Kier alpha value is -2.89. The fourth-order valence-electron chi connectivity index (χ4n) is 2.31. The van der Waals surface area contributed by atoms with Crippen LogP contribution in [0, 0.1) is 0 Å². The third kappa shape index (κ3) is 6.20. The Labute approximate surface area is 152 Å². The van der Waals surface area contributed by atoms with E-state index < -0.39 is 11.9 Å². The second-order valence-corrected chi connectivity index (χ2v) is 5.87. The summed E-state index contributed by atoms with van der Waals surface area (Å²) in [6, 6.07) is 10.5. The van der Waals surface area contributed by atoms with Gasteiger partial charge in [0.2, 0.25) is 0 Å². The average Bonchev–Trinajstić information content (AvgIpc) is 3.19. The van der Waals surface area contributed by atoms with Crippen LogP contribution in [0.1, 0.15) is 52.7 Å². The van der Waals surface area contributed by atoms with E-state index in [1.54, 1.807) is 18.2 Å². The molecular weight excluding hydrogens is 334 g/mol. The van der Waals surface area contributed by atoms with Gasteiger partial charge in [-0.3, -0.25) is 14.4 Å². The summed E-state index contributed by atoms with van der Waals surface area (Å²) in [5, 5.41) is 2.54. The van der Waals surface area contributed by atoms with E-state index in [1.807, 2.05) is 12.1 Å². The normalized spacial score (nSPS) is 10.3. The van der Waals surface area contributed by atoms with Crippen LogP contribution >= 0.6 is 0 Å². The highest BCUT2D eigenvalue weighted by Crippen LogP contribution is 2.09. The third-order valence-electron chi connectivity index (χ3n) is 3.82. The molecule has 2 aromatic rings. The maximum atomic E-state index is 12.1. The number of amides is 1.